The number of hydrogen-bond donors (Lipinski definition) is 0. The molecule has 25 heavy (non-hydrogen) atoms. The summed E-state index contributed by atoms with van der Waals surface area (Å²) in [5.41, 5.74) is 2.94. The fourth-order valence-electron chi connectivity index (χ4n) is 3.34. The molecule has 1 nitrogen and oxygen atoms in total. The first kappa shape index (κ1) is 16.9. The Kier molecular flexibility index (Phi) is 5.01. The fraction of sp³-hybridized carbons (Fsp3) is 0.182. The number of aryl methyl sites for hydroxylation is 1. The van der Waals surface area contributed by atoms with Gasteiger partial charge >= 0.3 is 162 Å². The Hall–Kier alpha value is -1.50. The predicted octanol–water partition coefficient (Wildman–Crippen LogP) is 4.18. The summed E-state index contributed by atoms with van der Waals surface area (Å²) in [6.07, 6.45) is 8.09. The fourth-order valence-corrected chi connectivity index (χ4v) is 8.26. The van der Waals surface area contributed by atoms with Crippen molar-refractivity contribution in [1.82, 2.24) is 0 Å². The van der Waals surface area contributed by atoms with Gasteiger partial charge in [-0.05, 0) is 0 Å². The molecule has 0 N–H and O–H groups in total. The van der Waals surface area contributed by atoms with Crippen LogP contribution in [0.4, 0.5) is 5.69 Å². The first-order chi connectivity index (χ1) is 12.3. The van der Waals surface area contributed by atoms with Crippen LogP contribution < -0.4 is 9.36 Å². The van der Waals surface area contributed by atoms with E-state index < -0.39 is 0 Å². The molecule has 2 aromatic carbocycles. The first-order valence-electron chi connectivity index (χ1n) is 8.75. The van der Waals surface area contributed by atoms with Crippen LogP contribution >= 0.6 is 0 Å². The van der Waals surface area contributed by atoms with Gasteiger partial charge in [0, 0.05) is 0 Å². The summed E-state index contributed by atoms with van der Waals surface area (Å²) >= 11 is 0.869. The summed E-state index contributed by atoms with van der Waals surface area (Å²) < 4.78 is 6.04. The number of hydrogen-bond acceptors (Lipinski definition) is 1. The molecule has 1 aliphatic rings. The van der Waals surface area contributed by atoms with Gasteiger partial charge in [-0.1, -0.05) is 0 Å². The second kappa shape index (κ2) is 7.40. The third-order valence-electron chi connectivity index (χ3n) is 4.52. The van der Waals surface area contributed by atoms with Crippen molar-refractivity contribution in [3.8, 4) is 0 Å². The quantitative estimate of drug-likeness (QED) is 0.532. The van der Waals surface area contributed by atoms with Crippen LogP contribution in [0.2, 0.25) is 0 Å². The maximum absolute atomic E-state index is 2.46. The number of anilines is 1. The topological polar surface area (TPSA) is 3.24 Å². The molecule has 2 heterocycles. The zero-order chi connectivity index (χ0) is 17.2. The number of rotatable bonds is 4. The van der Waals surface area contributed by atoms with Gasteiger partial charge in [0.15, 0.2) is 0 Å². The summed E-state index contributed by atoms with van der Waals surface area (Å²) in [7, 11) is 0. The zero-order valence-corrected chi connectivity index (χ0v) is 18.0. The molecule has 126 valence electrons. The molecular weight excluding hydrogens is 436 g/mol. The average Bonchev–Trinajstić information content (AvgIpc) is 3.18. The van der Waals surface area contributed by atoms with Crippen LogP contribution in [0.5, 0.6) is 0 Å². The average molecular weight is 457 g/mol. The Morgan fingerprint density at radius 3 is 2.64 bits per heavy atom. The molecule has 0 atom stereocenters. The molecule has 0 saturated heterocycles. The van der Waals surface area contributed by atoms with Crippen molar-refractivity contribution in [3.05, 3.63) is 75.3 Å². The molecule has 0 aliphatic carbocycles. The molecular formula is C22H21NSe2. The summed E-state index contributed by atoms with van der Waals surface area (Å²) in [5, 5.41) is 1.48. The van der Waals surface area contributed by atoms with E-state index in [1.807, 2.05) is 0 Å². The standard InChI is InChI=1S/C22H21NSe2/c1-3-16-17-10-5-7-12-20(17)24-19(16)14-9-15-22-23(4-2)18-11-6-8-13-21(18)25-22/h5-15H,3-4H2,1-2H3. The van der Waals surface area contributed by atoms with Crippen molar-refractivity contribution < 1.29 is 0 Å². The molecule has 0 spiro atoms. The summed E-state index contributed by atoms with van der Waals surface area (Å²) in [6, 6.07) is 17.7. The van der Waals surface area contributed by atoms with E-state index in [0.717, 1.165) is 13.0 Å². The van der Waals surface area contributed by atoms with Crippen LogP contribution in [0.15, 0.2) is 65.3 Å². The van der Waals surface area contributed by atoms with Crippen molar-refractivity contribution in [3.63, 3.8) is 0 Å². The number of benzene rings is 2. The van der Waals surface area contributed by atoms with E-state index >= 15 is 0 Å². The Morgan fingerprint density at radius 2 is 1.80 bits per heavy atom. The Bertz CT molecular complexity index is 965. The molecule has 0 radical (unpaired) electrons. The summed E-state index contributed by atoms with van der Waals surface area (Å²) in [5.74, 6) is 0. The van der Waals surface area contributed by atoms with Gasteiger partial charge in [-0.25, -0.2) is 0 Å². The zero-order valence-electron chi connectivity index (χ0n) is 14.5. The van der Waals surface area contributed by atoms with E-state index in [4.69, 9.17) is 0 Å². The van der Waals surface area contributed by atoms with Gasteiger partial charge in [-0.3, -0.25) is 0 Å². The molecule has 0 fully saturated rings. The second-order valence-corrected chi connectivity index (χ2v) is 10.5. The van der Waals surface area contributed by atoms with Crippen LogP contribution in [0.25, 0.3) is 15.7 Å². The van der Waals surface area contributed by atoms with Gasteiger partial charge in [-0.2, -0.15) is 0 Å². The van der Waals surface area contributed by atoms with E-state index in [0.29, 0.717) is 29.5 Å². The van der Waals surface area contributed by atoms with Crippen molar-refractivity contribution in [1.29, 1.82) is 0 Å². The third-order valence-corrected chi connectivity index (χ3v) is 9.37. The minimum absolute atomic E-state index is 0.419. The number of fused-ring (bicyclic) bond motifs is 2. The van der Waals surface area contributed by atoms with Gasteiger partial charge in [0.2, 0.25) is 0 Å². The van der Waals surface area contributed by atoms with Crippen molar-refractivity contribution in [2.75, 3.05) is 11.4 Å². The Labute approximate surface area is 162 Å². The number of nitrogens with zero attached hydrogens (tertiary/aromatic N) is 1. The van der Waals surface area contributed by atoms with Gasteiger partial charge in [-0.15, -0.1) is 0 Å². The van der Waals surface area contributed by atoms with Crippen LogP contribution in [-0.2, 0) is 6.42 Å². The molecule has 3 heteroatoms. The van der Waals surface area contributed by atoms with Crippen LogP contribution in [0.3, 0.4) is 0 Å². The number of allylic oxidation sites excluding steroid dienone is 2. The molecule has 0 unspecified atom stereocenters. The van der Waals surface area contributed by atoms with Crippen LogP contribution in [0.1, 0.15) is 23.8 Å². The third kappa shape index (κ3) is 3.18. The molecule has 0 amide bonds. The normalized spacial score (nSPS) is 15.6. The maximum atomic E-state index is 2.46. The molecule has 4 rings (SSSR count). The van der Waals surface area contributed by atoms with E-state index in [9.17, 15) is 0 Å². The van der Waals surface area contributed by atoms with Crippen LogP contribution in [0, 0.1) is 0 Å². The van der Waals surface area contributed by atoms with Crippen molar-refractivity contribution >= 4 is 55.3 Å². The molecule has 1 aromatic heterocycles. The van der Waals surface area contributed by atoms with Gasteiger partial charge in [0.05, 0.1) is 0 Å². The van der Waals surface area contributed by atoms with Crippen LogP contribution in [-0.4, -0.2) is 36.0 Å². The van der Waals surface area contributed by atoms with E-state index in [1.54, 1.807) is 4.44 Å². The van der Waals surface area contributed by atoms with Gasteiger partial charge < -0.3 is 0 Å². The minimum atomic E-state index is 0.419. The predicted molar refractivity (Wildman–Crippen MR) is 112 cm³/mol. The van der Waals surface area contributed by atoms with Gasteiger partial charge in [0.1, 0.15) is 0 Å². The van der Waals surface area contributed by atoms with Crippen molar-refractivity contribution in [2.45, 2.75) is 20.3 Å². The van der Waals surface area contributed by atoms with E-state index in [-0.39, 0.29) is 0 Å². The molecule has 0 bridgehead atoms. The van der Waals surface area contributed by atoms with E-state index in [2.05, 4.69) is 85.5 Å². The molecule has 1 aliphatic heterocycles. The van der Waals surface area contributed by atoms with Crippen molar-refractivity contribution in [2.24, 2.45) is 0 Å². The van der Waals surface area contributed by atoms with E-state index in [1.165, 1.54) is 30.0 Å². The molecule has 3 aromatic rings. The summed E-state index contributed by atoms with van der Waals surface area (Å²) in [6.45, 7) is 5.55. The second-order valence-electron chi connectivity index (χ2n) is 5.97. The van der Waals surface area contributed by atoms with Gasteiger partial charge in [0.25, 0.3) is 0 Å². The first-order valence-corrected chi connectivity index (χ1v) is 12.2. The number of para-hydroxylation sites is 1. The Morgan fingerprint density at radius 1 is 1.00 bits per heavy atom. The Balaban J connectivity index is 1.64. The SMILES string of the molecule is CCc1c(C=CC=C2[Se]c3ccccc3N2CC)[se]c2ccccc12. The summed E-state index contributed by atoms with van der Waals surface area (Å²) in [4.78, 5) is 2.46. The molecule has 0 saturated carbocycles. The monoisotopic (exact) mass is 459 g/mol.